The van der Waals surface area contributed by atoms with E-state index in [1.165, 1.54) is 19.2 Å². The second-order valence-electron chi connectivity index (χ2n) is 5.69. The van der Waals surface area contributed by atoms with Gasteiger partial charge in [0.15, 0.2) is 18.1 Å². The Labute approximate surface area is 146 Å². The van der Waals surface area contributed by atoms with E-state index in [9.17, 15) is 9.59 Å². The van der Waals surface area contributed by atoms with E-state index in [1.807, 2.05) is 13.8 Å². The van der Waals surface area contributed by atoms with Gasteiger partial charge in [0.25, 0.3) is 5.91 Å². The zero-order valence-electron chi connectivity index (χ0n) is 14.1. The molecule has 2 rings (SSSR count). The third kappa shape index (κ3) is 4.77. The highest BCUT2D eigenvalue weighted by molar-refractivity contribution is 6.32. The van der Waals surface area contributed by atoms with Gasteiger partial charge in [0.2, 0.25) is 0 Å². The summed E-state index contributed by atoms with van der Waals surface area (Å²) in [6.07, 6.45) is 2.26. The number of esters is 1. The number of methoxy groups -OCH3 is 1. The molecule has 1 aliphatic rings. The number of halogens is 1. The lowest BCUT2D eigenvalue weighted by Gasteiger charge is -2.14. The Morgan fingerprint density at radius 1 is 1.38 bits per heavy atom. The summed E-state index contributed by atoms with van der Waals surface area (Å²) in [5, 5.41) is 3.07. The van der Waals surface area contributed by atoms with Crippen molar-refractivity contribution in [2.45, 2.75) is 32.7 Å². The zero-order chi connectivity index (χ0) is 17.7. The maximum atomic E-state index is 12.1. The summed E-state index contributed by atoms with van der Waals surface area (Å²) in [4.78, 5) is 23.9. The van der Waals surface area contributed by atoms with E-state index in [2.05, 4.69) is 5.32 Å². The summed E-state index contributed by atoms with van der Waals surface area (Å²) in [5.41, 5.74) is 0.198. The summed E-state index contributed by atoms with van der Waals surface area (Å²) in [5.74, 6) is 0.287. The van der Waals surface area contributed by atoms with Gasteiger partial charge in [0.1, 0.15) is 0 Å². The number of amides is 1. The first kappa shape index (κ1) is 18.4. The third-order valence-electron chi connectivity index (χ3n) is 3.81. The Kier molecular flexibility index (Phi) is 6.31. The highest BCUT2D eigenvalue weighted by atomic mass is 35.5. The van der Waals surface area contributed by atoms with Gasteiger partial charge in [-0.2, -0.15) is 0 Å². The predicted octanol–water partition coefficient (Wildman–Crippen LogP) is 2.82. The lowest BCUT2D eigenvalue weighted by Crippen LogP contribution is -2.37. The molecule has 0 aliphatic heterocycles. The Bertz CT molecular complexity index is 615. The second-order valence-corrected chi connectivity index (χ2v) is 6.10. The van der Waals surface area contributed by atoms with Gasteiger partial charge in [0, 0.05) is 6.04 Å². The van der Waals surface area contributed by atoms with Crippen molar-refractivity contribution < 1.29 is 23.8 Å². The second kappa shape index (κ2) is 8.24. The average Bonchev–Trinajstić information content (AvgIpc) is 3.39. The van der Waals surface area contributed by atoms with Crippen molar-refractivity contribution in [2.24, 2.45) is 5.92 Å². The highest BCUT2D eigenvalue weighted by Crippen LogP contribution is 2.36. The van der Waals surface area contributed by atoms with Gasteiger partial charge in [-0.1, -0.05) is 11.6 Å². The molecule has 1 atom stereocenters. The normalized spacial score (nSPS) is 14.7. The standard InChI is InChI=1S/C17H22ClNO5/c1-4-23-16-13(18)7-12(8-14(16)22-3)17(21)24-9-15(20)19-10(2)11-5-6-11/h7-8,10-11H,4-6,9H2,1-3H3,(H,19,20)/t10-/m1/s1. The van der Waals surface area contributed by atoms with Crippen LogP contribution in [0.5, 0.6) is 11.5 Å². The van der Waals surface area contributed by atoms with Gasteiger partial charge in [-0.25, -0.2) is 4.79 Å². The quantitative estimate of drug-likeness (QED) is 0.726. The lowest BCUT2D eigenvalue weighted by molar-refractivity contribution is -0.124. The van der Waals surface area contributed by atoms with Gasteiger partial charge in [-0.05, 0) is 44.7 Å². The van der Waals surface area contributed by atoms with Crippen LogP contribution < -0.4 is 14.8 Å². The van der Waals surface area contributed by atoms with Crippen LogP contribution in [0.25, 0.3) is 0 Å². The van der Waals surface area contributed by atoms with Crippen LogP contribution >= 0.6 is 11.6 Å². The molecule has 1 aliphatic carbocycles. The van der Waals surface area contributed by atoms with Crippen molar-refractivity contribution in [3.8, 4) is 11.5 Å². The van der Waals surface area contributed by atoms with E-state index >= 15 is 0 Å². The molecule has 132 valence electrons. The Hall–Kier alpha value is -1.95. The van der Waals surface area contributed by atoms with Crippen LogP contribution in [0, 0.1) is 5.92 Å². The number of benzene rings is 1. The van der Waals surface area contributed by atoms with Crippen LogP contribution in [0.1, 0.15) is 37.0 Å². The van der Waals surface area contributed by atoms with E-state index in [0.717, 1.165) is 12.8 Å². The number of rotatable bonds is 8. The fourth-order valence-electron chi connectivity index (χ4n) is 2.35. The van der Waals surface area contributed by atoms with Crippen molar-refractivity contribution in [3.05, 3.63) is 22.7 Å². The summed E-state index contributed by atoms with van der Waals surface area (Å²) in [7, 11) is 1.45. The molecule has 1 aromatic rings. The topological polar surface area (TPSA) is 73.9 Å². The minimum atomic E-state index is -0.646. The molecule has 1 saturated carbocycles. The molecular weight excluding hydrogens is 334 g/mol. The minimum absolute atomic E-state index is 0.108. The average molecular weight is 356 g/mol. The number of ether oxygens (including phenoxy) is 3. The molecule has 0 spiro atoms. The van der Waals surface area contributed by atoms with Crippen molar-refractivity contribution in [1.29, 1.82) is 0 Å². The summed E-state index contributed by atoms with van der Waals surface area (Å²) in [6, 6.07) is 3.02. The van der Waals surface area contributed by atoms with Crippen LogP contribution in [0.4, 0.5) is 0 Å². The van der Waals surface area contributed by atoms with Crippen LogP contribution in [0.3, 0.4) is 0 Å². The molecule has 1 amide bonds. The largest absolute Gasteiger partial charge is 0.493 e. The van der Waals surface area contributed by atoms with Gasteiger partial charge >= 0.3 is 5.97 Å². The zero-order valence-corrected chi connectivity index (χ0v) is 14.8. The molecule has 0 unspecified atom stereocenters. The molecule has 6 nitrogen and oxygen atoms in total. The number of hydrogen-bond acceptors (Lipinski definition) is 5. The smallest absolute Gasteiger partial charge is 0.338 e. The fraction of sp³-hybridized carbons (Fsp3) is 0.529. The lowest BCUT2D eigenvalue weighted by atomic mass is 10.2. The number of nitrogens with one attached hydrogen (secondary N) is 1. The molecule has 1 N–H and O–H groups in total. The SMILES string of the molecule is CCOc1c(Cl)cc(C(=O)OCC(=O)N[C@H](C)C2CC2)cc1OC. The first-order valence-corrected chi connectivity index (χ1v) is 8.30. The highest BCUT2D eigenvalue weighted by Gasteiger charge is 2.29. The molecule has 0 radical (unpaired) electrons. The molecule has 1 aromatic carbocycles. The molecule has 24 heavy (non-hydrogen) atoms. The van der Waals surface area contributed by atoms with E-state index in [1.54, 1.807) is 0 Å². The predicted molar refractivity (Wildman–Crippen MR) is 89.8 cm³/mol. The maximum absolute atomic E-state index is 12.1. The Morgan fingerprint density at radius 3 is 2.67 bits per heavy atom. The monoisotopic (exact) mass is 355 g/mol. The van der Waals surface area contributed by atoms with E-state index in [4.69, 9.17) is 25.8 Å². The van der Waals surface area contributed by atoms with Gasteiger partial charge in [-0.15, -0.1) is 0 Å². The number of carbonyl (C=O) groups excluding carboxylic acids is 2. The van der Waals surface area contributed by atoms with Crippen molar-refractivity contribution in [2.75, 3.05) is 20.3 Å². The van der Waals surface area contributed by atoms with Crippen molar-refractivity contribution >= 4 is 23.5 Å². The summed E-state index contributed by atoms with van der Waals surface area (Å²) >= 11 is 6.12. The maximum Gasteiger partial charge on any atom is 0.338 e. The fourth-order valence-corrected chi connectivity index (χ4v) is 2.61. The van der Waals surface area contributed by atoms with Gasteiger partial charge in [0.05, 0.1) is 24.3 Å². The van der Waals surface area contributed by atoms with Crippen LogP contribution in [0.2, 0.25) is 5.02 Å². The summed E-state index contributed by atoms with van der Waals surface area (Å²) in [6.45, 7) is 3.86. The van der Waals surface area contributed by atoms with Gasteiger partial charge in [-0.3, -0.25) is 4.79 Å². The Balaban J connectivity index is 1.96. The minimum Gasteiger partial charge on any atom is -0.493 e. The first-order chi connectivity index (χ1) is 11.5. The van der Waals surface area contributed by atoms with E-state index < -0.39 is 5.97 Å². The van der Waals surface area contributed by atoms with E-state index in [-0.39, 0.29) is 29.1 Å². The molecule has 0 heterocycles. The van der Waals surface area contributed by atoms with Crippen LogP contribution in [0.15, 0.2) is 12.1 Å². The number of hydrogen-bond donors (Lipinski definition) is 1. The van der Waals surface area contributed by atoms with Crippen LogP contribution in [-0.4, -0.2) is 38.2 Å². The van der Waals surface area contributed by atoms with E-state index in [0.29, 0.717) is 24.0 Å². The van der Waals surface area contributed by atoms with Gasteiger partial charge < -0.3 is 19.5 Å². The third-order valence-corrected chi connectivity index (χ3v) is 4.09. The molecule has 0 bridgehead atoms. The first-order valence-electron chi connectivity index (χ1n) is 7.93. The van der Waals surface area contributed by atoms with Crippen LogP contribution in [-0.2, 0) is 9.53 Å². The van der Waals surface area contributed by atoms with Crippen molar-refractivity contribution in [1.82, 2.24) is 5.32 Å². The number of carbonyl (C=O) groups is 2. The molecule has 1 fully saturated rings. The molecule has 7 heteroatoms. The Morgan fingerprint density at radius 2 is 2.08 bits per heavy atom. The molecular formula is C17H22ClNO5. The summed E-state index contributed by atoms with van der Waals surface area (Å²) < 4.78 is 15.6. The van der Waals surface area contributed by atoms with Crippen molar-refractivity contribution in [3.63, 3.8) is 0 Å². The molecule has 0 aromatic heterocycles. The molecule has 0 saturated heterocycles.